The van der Waals surface area contributed by atoms with Crippen LogP contribution in [-0.4, -0.2) is 38.4 Å². The zero-order valence-electron chi connectivity index (χ0n) is 7.08. The number of carbonyl (C=O) groups excluding carboxylic acids is 1. The molecule has 0 aromatic rings. The van der Waals surface area contributed by atoms with Gasteiger partial charge < -0.3 is 14.8 Å². The van der Waals surface area contributed by atoms with Crippen molar-refractivity contribution < 1.29 is 14.3 Å². The van der Waals surface area contributed by atoms with Crippen LogP contribution in [0.1, 0.15) is 0 Å². The summed E-state index contributed by atoms with van der Waals surface area (Å²) in [7, 11) is 1.60. The van der Waals surface area contributed by atoms with E-state index in [9.17, 15) is 4.79 Å². The molecular weight excluding hydrogens is 158 g/mol. The molecule has 1 rings (SSSR count). The molecule has 1 fully saturated rings. The number of nitrogens with one attached hydrogen (secondary N) is 1. The van der Waals surface area contributed by atoms with Gasteiger partial charge in [-0.2, -0.15) is 0 Å². The van der Waals surface area contributed by atoms with Crippen molar-refractivity contribution >= 4 is 5.91 Å². The molecule has 1 aliphatic heterocycles. The molecule has 4 nitrogen and oxygen atoms in total. The number of hydrogen-bond donors (Lipinski definition) is 1. The lowest BCUT2D eigenvalue weighted by Crippen LogP contribution is -2.42. The summed E-state index contributed by atoms with van der Waals surface area (Å²) in [6, 6.07) is -0.0412. The first-order valence-corrected chi connectivity index (χ1v) is 3.81. The molecule has 68 valence electrons. The van der Waals surface area contributed by atoms with Gasteiger partial charge in [-0.1, -0.05) is 6.58 Å². The van der Waals surface area contributed by atoms with Crippen LogP contribution in [-0.2, 0) is 14.3 Å². The molecule has 2 atom stereocenters. The molecule has 1 heterocycles. The summed E-state index contributed by atoms with van der Waals surface area (Å²) < 4.78 is 10.2. The van der Waals surface area contributed by atoms with Crippen molar-refractivity contribution in [1.29, 1.82) is 0 Å². The summed E-state index contributed by atoms with van der Waals surface area (Å²) in [6.45, 7) is 4.41. The minimum absolute atomic E-state index is 0.0334. The summed E-state index contributed by atoms with van der Waals surface area (Å²) in [6.07, 6.45) is 1.21. The third-order valence-corrected chi connectivity index (χ3v) is 1.84. The van der Waals surface area contributed by atoms with Crippen molar-refractivity contribution in [1.82, 2.24) is 5.32 Å². The largest absolute Gasteiger partial charge is 0.377 e. The summed E-state index contributed by atoms with van der Waals surface area (Å²) in [4.78, 5) is 10.9. The van der Waals surface area contributed by atoms with Crippen LogP contribution in [0.2, 0.25) is 0 Å². The second-order valence-corrected chi connectivity index (χ2v) is 2.63. The predicted octanol–water partition coefficient (Wildman–Crippen LogP) is -0.298. The van der Waals surface area contributed by atoms with Crippen molar-refractivity contribution in [3.63, 3.8) is 0 Å². The van der Waals surface area contributed by atoms with Gasteiger partial charge in [-0.15, -0.1) is 0 Å². The SMILES string of the molecule is C=CC(=O)N[C@@H]1COC[C@H]1OC. The van der Waals surface area contributed by atoms with E-state index in [1.54, 1.807) is 7.11 Å². The maximum Gasteiger partial charge on any atom is 0.243 e. The lowest BCUT2D eigenvalue weighted by Gasteiger charge is -2.16. The smallest absolute Gasteiger partial charge is 0.243 e. The first-order valence-electron chi connectivity index (χ1n) is 3.81. The second kappa shape index (κ2) is 4.23. The van der Waals surface area contributed by atoms with Gasteiger partial charge in [0.05, 0.1) is 19.3 Å². The van der Waals surface area contributed by atoms with Crippen molar-refractivity contribution in [2.45, 2.75) is 12.1 Å². The van der Waals surface area contributed by atoms with Crippen LogP contribution in [0.3, 0.4) is 0 Å². The van der Waals surface area contributed by atoms with E-state index in [4.69, 9.17) is 9.47 Å². The molecule has 0 bridgehead atoms. The Balaban J connectivity index is 2.40. The third kappa shape index (κ3) is 2.06. The van der Waals surface area contributed by atoms with Crippen LogP contribution >= 0.6 is 0 Å². The van der Waals surface area contributed by atoms with Crippen LogP contribution in [0.25, 0.3) is 0 Å². The van der Waals surface area contributed by atoms with Gasteiger partial charge in [0, 0.05) is 7.11 Å². The molecular formula is C8H13NO3. The second-order valence-electron chi connectivity index (χ2n) is 2.63. The number of rotatable bonds is 3. The lowest BCUT2D eigenvalue weighted by molar-refractivity contribution is -0.117. The average molecular weight is 171 g/mol. The zero-order chi connectivity index (χ0) is 8.97. The molecule has 0 unspecified atom stereocenters. The van der Waals surface area contributed by atoms with E-state index in [1.165, 1.54) is 6.08 Å². The van der Waals surface area contributed by atoms with Crippen molar-refractivity contribution in [3.05, 3.63) is 12.7 Å². The van der Waals surface area contributed by atoms with Crippen LogP contribution in [0.5, 0.6) is 0 Å². The first-order chi connectivity index (χ1) is 5.77. The first kappa shape index (κ1) is 9.22. The van der Waals surface area contributed by atoms with E-state index in [2.05, 4.69) is 11.9 Å². The van der Waals surface area contributed by atoms with E-state index in [0.29, 0.717) is 13.2 Å². The van der Waals surface area contributed by atoms with E-state index >= 15 is 0 Å². The molecule has 4 heteroatoms. The molecule has 0 aromatic heterocycles. The van der Waals surface area contributed by atoms with Gasteiger partial charge in [0.25, 0.3) is 0 Å². The van der Waals surface area contributed by atoms with Gasteiger partial charge in [0.15, 0.2) is 0 Å². The van der Waals surface area contributed by atoms with Crippen LogP contribution in [0, 0.1) is 0 Å². The van der Waals surface area contributed by atoms with Crippen LogP contribution in [0.4, 0.5) is 0 Å². The van der Waals surface area contributed by atoms with E-state index in [1.807, 2.05) is 0 Å². The Kier molecular flexibility index (Phi) is 3.25. The van der Waals surface area contributed by atoms with Gasteiger partial charge in [-0.3, -0.25) is 4.79 Å². The zero-order valence-corrected chi connectivity index (χ0v) is 7.08. The van der Waals surface area contributed by atoms with Crippen LogP contribution in [0.15, 0.2) is 12.7 Å². The lowest BCUT2D eigenvalue weighted by atomic mass is 10.2. The molecule has 1 N–H and O–H groups in total. The monoisotopic (exact) mass is 171 g/mol. The number of amides is 1. The predicted molar refractivity (Wildman–Crippen MR) is 43.7 cm³/mol. The highest BCUT2D eigenvalue weighted by Crippen LogP contribution is 2.08. The Morgan fingerprint density at radius 1 is 1.75 bits per heavy atom. The quantitative estimate of drug-likeness (QED) is 0.593. The topological polar surface area (TPSA) is 47.6 Å². The Bertz CT molecular complexity index is 181. The number of hydrogen-bond acceptors (Lipinski definition) is 3. The van der Waals surface area contributed by atoms with E-state index < -0.39 is 0 Å². The molecule has 0 aliphatic carbocycles. The van der Waals surface area contributed by atoms with Crippen molar-refractivity contribution in [2.24, 2.45) is 0 Å². The fraction of sp³-hybridized carbons (Fsp3) is 0.625. The number of carbonyl (C=O) groups is 1. The van der Waals surface area contributed by atoms with Crippen LogP contribution < -0.4 is 5.32 Å². The van der Waals surface area contributed by atoms with Gasteiger partial charge in [0.2, 0.25) is 5.91 Å². The highest BCUT2D eigenvalue weighted by molar-refractivity contribution is 5.87. The molecule has 1 aliphatic rings. The highest BCUT2D eigenvalue weighted by Gasteiger charge is 2.28. The Labute approximate surface area is 71.5 Å². The van der Waals surface area contributed by atoms with Gasteiger partial charge in [-0.25, -0.2) is 0 Å². The van der Waals surface area contributed by atoms with E-state index in [-0.39, 0.29) is 18.1 Å². The van der Waals surface area contributed by atoms with Crippen molar-refractivity contribution in [2.75, 3.05) is 20.3 Å². The summed E-state index contributed by atoms with van der Waals surface area (Å²) in [5, 5.41) is 2.72. The van der Waals surface area contributed by atoms with Gasteiger partial charge in [0.1, 0.15) is 6.10 Å². The highest BCUT2D eigenvalue weighted by atomic mass is 16.5. The molecule has 1 saturated heterocycles. The Morgan fingerprint density at radius 3 is 3.08 bits per heavy atom. The molecule has 0 radical (unpaired) electrons. The normalized spacial score (nSPS) is 28.4. The molecule has 0 spiro atoms. The van der Waals surface area contributed by atoms with E-state index in [0.717, 1.165) is 0 Å². The minimum Gasteiger partial charge on any atom is -0.377 e. The molecule has 12 heavy (non-hydrogen) atoms. The fourth-order valence-electron chi connectivity index (χ4n) is 1.14. The van der Waals surface area contributed by atoms with Crippen molar-refractivity contribution in [3.8, 4) is 0 Å². The minimum atomic E-state index is -0.187. The van der Waals surface area contributed by atoms with Gasteiger partial charge >= 0.3 is 0 Å². The summed E-state index contributed by atoms with van der Waals surface area (Å²) >= 11 is 0. The summed E-state index contributed by atoms with van der Waals surface area (Å²) in [5.74, 6) is -0.187. The molecule has 0 aromatic carbocycles. The third-order valence-electron chi connectivity index (χ3n) is 1.84. The standard InChI is InChI=1S/C8H13NO3/c1-3-8(10)9-6-4-12-5-7(6)11-2/h3,6-7H,1,4-5H2,2H3,(H,9,10)/t6-,7-/m1/s1. The maximum atomic E-state index is 10.9. The number of ether oxygens (including phenoxy) is 2. The number of methoxy groups -OCH3 is 1. The Hall–Kier alpha value is -0.870. The van der Waals surface area contributed by atoms with Gasteiger partial charge in [-0.05, 0) is 6.08 Å². The average Bonchev–Trinajstić information content (AvgIpc) is 2.51. The Morgan fingerprint density at radius 2 is 2.50 bits per heavy atom. The molecule has 1 amide bonds. The fourth-order valence-corrected chi connectivity index (χ4v) is 1.14. The maximum absolute atomic E-state index is 10.9. The molecule has 0 saturated carbocycles. The summed E-state index contributed by atoms with van der Waals surface area (Å²) in [5.41, 5.74) is 0.